The number of esters is 1. The van der Waals surface area contributed by atoms with Gasteiger partial charge in [-0.3, -0.25) is 9.59 Å². The molecule has 2 amide bonds. The van der Waals surface area contributed by atoms with Gasteiger partial charge in [-0.1, -0.05) is 84.9 Å². The maximum absolute atomic E-state index is 14.2. The van der Waals surface area contributed by atoms with Crippen LogP contribution < -0.4 is 26.5 Å². The van der Waals surface area contributed by atoms with Crippen molar-refractivity contribution in [3.05, 3.63) is 168 Å². The van der Waals surface area contributed by atoms with Crippen molar-refractivity contribution < 1.29 is 19.1 Å². The number of anilines is 1. The molecule has 0 bridgehead atoms. The fraction of sp³-hybridized carbons (Fsp3) is 0.0278. The van der Waals surface area contributed by atoms with Gasteiger partial charge in [0.25, 0.3) is 11.8 Å². The number of ether oxygens (including phenoxy) is 1. The summed E-state index contributed by atoms with van der Waals surface area (Å²) < 4.78 is 4.93. The summed E-state index contributed by atoms with van der Waals surface area (Å²) in [4.78, 5) is 40.2. The molecule has 0 aliphatic carbocycles. The first kappa shape index (κ1) is 29.2. The number of carbonyl (C=O) groups excluding carboxylic acids is 3. The van der Waals surface area contributed by atoms with Crippen LogP contribution in [0.3, 0.4) is 0 Å². The molecule has 0 radical (unpaired) electrons. The van der Waals surface area contributed by atoms with E-state index < -0.39 is 25.0 Å². The lowest BCUT2D eigenvalue weighted by atomic mass is 10.1. The SMILES string of the molecule is COC(=O)c1ccccc1NC(=O)/C(=C/[P+](c1ccccc1)(c1ccccc1)c1ccccc1)NC(=O)c1ccccc1. The summed E-state index contributed by atoms with van der Waals surface area (Å²) in [5.41, 5.74) is 0.919. The Hall–Kier alpha value is -5.32. The van der Waals surface area contributed by atoms with Crippen LogP contribution in [0, 0.1) is 0 Å². The van der Waals surface area contributed by atoms with Gasteiger partial charge in [-0.15, -0.1) is 0 Å². The highest BCUT2D eigenvalue weighted by molar-refractivity contribution is 7.98. The maximum Gasteiger partial charge on any atom is 0.339 e. The topological polar surface area (TPSA) is 84.5 Å². The van der Waals surface area contributed by atoms with Gasteiger partial charge in [0.15, 0.2) is 0 Å². The van der Waals surface area contributed by atoms with E-state index in [2.05, 4.69) is 10.6 Å². The van der Waals surface area contributed by atoms with Crippen LogP contribution >= 0.6 is 7.26 Å². The van der Waals surface area contributed by atoms with Crippen molar-refractivity contribution in [2.24, 2.45) is 0 Å². The van der Waals surface area contributed by atoms with Crippen molar-refractivity contribution in [1.82, 2.24) is 5.32 Å². The van der Waals surface area contributed by atoms with Gasteiger partial charge in [0.05, 0.1) is 18.4 Å². The van der Waals surface area contributed by atoms with Crippen molar-refractivity contribution >= 4 is 46.6 Å². The Labute approximate surface area is 251 Å². The van der Waals surface area contributed by atoms with Gasteiger partial charge in [0.1, 0.15) is 34.7 Å². The van der Waals surface area contributed by atoms with E-state index in [9.17, 15) is 14.4 Å². The van der Waals surface area contributed by atoms with Crippen LogP contribution in [-0.2, 0) is 9.53 Å². The number of methoxy groups -OCH3 is 1. The first-order chi connectivity index (χ1) is 21.0. The third-order valence-electron chi connectivity index (χ3n) is 6.92. The predicted molar refractivity (Wildman–Crippen MR) is 174 cm³/mol. The molecule has 0 spiro atoms. The third-order valence-corrected chi connectivity index (χ3v) is 10.9. The zero-order chi connectivity index (χ0) is 30.1. The number of rotatable bonds is 9. The van der Waals surface area contributed by atoms with E-state index in [-0.39, 0.29) is 16.9 Å². The van der Waals surface area contributed by atoms with Crippen molar-refractivity contribution in [2.45, 2.75) is 0 Å². The van der Waals surface area contributed by atoms with Gasteiger partial charge in [0, 0.05) is 5.56 Å². The summed E-state index contributed by atoms with van der Waals surface area (Å²) in [6, 6.07) is 45.3. The molecule has 2 N–H and O–H groups in total. The highest BCUT2D eigenvalue weighted by atomic mass is 31.2. The molecule has 5 rings (SSSR count). The minimum atomic E-state index is -2.68. The van der Waals surface area contributed by atoms with Crippen molar-refractivity contribution in [3.63, 3.8) is 0 Å². The predicted octanol–water partition coefficient (Wildman–Crippen LogP) is 5.68. The molecule has 0 saturated carbocycles. The number of nitrogens with one attached hydrogen (secondary N) is 2. The smallest absolute Gasteiger partial charge is 0.339 e. The number of hydrogen-bond donors (Lipinski definition) is 2. The maximum atomic E-state index is 14.2. The summed E-state index contributed by atoms with van der Waals surface area (Å²) in [7, 11) is -1.40. The molecule has 0 fully saturated rings. The summed E-state index contributed by atoms with van der Waals surface area (Å²) in [5.74, 6) is 0.294. The molecule has 0 unspecified atom stereocenters. The lowest BCUT2D eigenvalue weighted by molar-refractivity contribution is -0.113. The molecule has 5 aromatic carbocycles. The molecule has 0 heterocycles. The minimum absolute atomic E-state index is 0.0541. The van der Waals surface area contributed by atoms with Crippen LogP contribution in [0.2, 0.25) is 0 Å². The molecular weight excluding hydrogens is 555 g/mol. The second-order valence-corrected chi connectivity index (χ2v) is 12.8. The van der Waals surface area contributed by atoms with Crippen LogP contribution in [0.4, 0.5) is 5.69 Å². The Balaban J connectivity index is 1.73. The summed E-state index contributed by atoms with van der Waals surface area (Å²) in [5, 5.41) is 8.76. The second kappa shape index (κ2) is 13.6. The summed E-state index contributed by atoms with van der Waals surface area (Å²) in [6.07, 6.45) is 0. The van der Waals surface area contributed by atoms with Gasteiger partial charge in [0.2, 0.25) is 0 Å². The molecule has 0 aliphatic rings. The second-order valence-electron chi connectivity index (χ2n) is 9.58. The Morgan fingerprint density at radius 1 is 0.605 bits per heavy atom. The Morgan fingerprint density at radius 2 is 1.05 bits per heavy atom. The van der Waals surface area contributed by atoms with E-state index in [4.69, 9.17) is 4.74 Å². The Bertz CT molecular complexity index is 1650. The number of para-hydroxylation sites is 1. The lowest BCUT2D eigenvalue weighted by Crippen LogP contribution is -2.35. The van der Waals surface area contributed by atoms with Gasteiger partial charge in [-0.25, -0.2) is 4.79 Å². The van der Waals surface area contributed by atoms with E-state index in [0.29, 0.717) is 5.56 Å². The molecule has 0 saturated heterocycles. The van der Waals surface area contributed by atoms with Crippen molar-refractivity contribution in [2.75, 3.05) is 12.4 Å². The van der Waals surface area contributed by atoms with E-state index in [1.807, 2.05) is 103 Å². The molecule has 0 aliphatic heterocycles. The average Bonchev–Trinajstić information content (AvgIpc) is 3.08. The standard InChI is InChI=1S/C36H29N2O4P/c1-42-36(41)31-24-14-15-25-32(31)37-35(40)33(38-34(39)27-16-6-2-7-17-27)26-43(28-18-8-3-9-19-28,29-20-10-4-11-21-29)30-22-12-5-13-23-30/h2-26H,1H3,(H-,37,38,39,40,41)/p+1/b33-26-. The lowest BCUT2D eigenvalue weighted by Gasteiger charge is -2.25. The van der Waals surface area contributed by atoms with E-state index in [1.54, 1.807) is 48.5 Å². The first-order valence-corrected chi connectivity index (χ1v) is 15.5. The zero-order valence-electron chi connectivity index (χ0n) is 23.5. The monoisotopic (exact) mass is 585 g/mol. The normalized spacial score (nSPS) is 11.3. The summed E-state index contributed by atoms with van der Waals surface area (Å²) in [6.45, 7) is 0. The molecule has 6 nitrogen and oxygen atoms in total. The molecule has 7 heteroatoms. The Kier molecular flexibility index (Phi) is 9.20. The van der Waals surface area contributed by atoms with Gasteiger partial charge >= 0.3 is 5.97 Å². The van der Waals surface area contributed by atoms with Crippen molar-refractivity contribution in [1.29, 1.82) is 0 Å². The molecule has 212 valence electrons. The molecular formula is C36H30N2O4P+. The van der Waals surface area contributed by atoms with Gasteiger partial charge in [-0.2, -0.15) is 0 Å². The fourth-order valence-electron chi connectivity index (χ4n) is 4.86. The first-order valence-electron chi connectivity index (χ1n) is 13.7. The van der Waals surface area contributed by atoms with E-state index in [0.717, 1.165) is 15.9 Å². The summed E-state index contributed by atoms with van der Waals surface area (Å²) >= 11 is 0. The fourth-order valence-corrected chi connectivity index (χ4v) is 8.69. The number of hydrogen-bond acceptors (Lipinski definition) is 4. The highest BCUT2D eigenvalue weighted by Gasteiger charge is 2.45. The van der Waals surface area contributed by atoms with E-state index >= 15 is 0 Å². The number of benzene rings is 5. The quantitative estimate of drug-likeness (QED) is 0.133. The highest BCUT2D eigenvalue weighted by Crippen LogP contribution is 2.57. The largest absolute Gasteiger partial charge is 0.465 e. The molecule has 5 aromatic rings. The molecule has 0 aromatic heterocycles. The van der Waals surface area contributed by atoms with Crippen LogP contribution in [-0.4, -0.2) is 24.9 Å². The third kappa shape index (κ3) is 6.45. The average molecular weight is 586 g/mol. The van der Waals surface area contributed by atoms with Crippen LogP contribution in [0.25, 0.3) is 0 Å². The van der Waals surface area contributed by atoms with Crippen LogP contribution in [0.5, 0.6) is 0 Å². The van der Waals surface area contributed by atoms with Crippen LogP contribution in [0.15, 0.2) is 157 Å². The Morgan fingerprint density at radius 3 is 1.53 bits per heavy atom. The van der Waals surface area contributed by atoms with Crippen molar-refractivity contribution in [3.8, 4) is 0 Å². The molecule has 43 heavy (non-hydrogen) atoms. The number of carbonyl (C=O) groups is 3. The number of amides is 2. The molecule has 0 atom stereocenters. The van der Waals surface area contributed by atoms with Gasteiger partial charge < -0.3 is 15.4 Å². The van der Waals surface area contributed by atoms with Gasteiger partial charge in [-0.05, 0) is 60.7 Å². The van der Waals surface area contributed by atoms with E-state index in [1.165, 1.54) is 7.11 Å². The zero-order valence-corrected chi connectivity index (χ0v) is 24.4. The van der Waals surface area contributed by atoms with Crippen LogP contribution in [0.1, 0.15) is 20.7 Å². The minimum Gasteiger partial charge on any atom is -0.465 e.